The van der Waals surface area contributed by atoms with Gasteiger partial charge in [-0.05, 0) is 18.2 Å². The van der Waals surface area contributed by atoms with E-state index in [0.717, 1.165) is 6.07 Å². The lowest BCUT2D eigenvalue weighted by molar-refractivity contribution is -0.0499. The second-order valence-corrected chi connectivity index (χ2v) is 8.95. The number of carbonyl (C=O) groups excluding carboxylic acids is 1. The van der Waals surface area contributed by atoms with Crippen molar-refractivity contribution in [3.05, 3.63) is 53.1 Å². The Morgan fingerprint density at radius 2 is 1.67 bits per heavy atom. The molecule has 0 saturated carbocycles. The van der Waals surface area contributed by atoms with E-state index in [4.69, 9.17) is 18.9 Å². The van der Waals surface area contributed by atoms with Crippen LogP contribution in [-0.2, 0) is 11.3 Å². The first-order valence-electron chi connectivity index (χ1n) is 12.0. The van der Waals surface area contributed by atoms with Gasteiger partial charge in [-0.2, -0.15) is 0 Å². The van der Waals surface area contributed by atoms with Crippen LogP contribution in [0, 0.1) is 11.6 Å². The number of nitrogens with zero attached hydrogens (tertiary/aromatic N) is 3. The van der Waals surface area contributed by atoms with Gasteiger partial charge >= 0.3 is 0 Å². The van der Waals surface area contributed by atoms with Crippen LogP contribution in [0.1, 0.15) is 15.9 Å². The van der Waals surface area contributed by atoms with Gasteiger partial charge < -0.3 is 23.8 Å². The minimum atomic E-state index is -0.823. The van der Waals surface area contributed by atoms with Gasteiger partial charge in [0.15, 0.2) is 23.1 Å². The summed E-state index contributed by atoms with van der Waals surface area (Å²) >= 11 is 0. The quantitative estimate of drug-likeness (QED) is 0.547. The SMILES string of the molecule is COc1cc(C(=O)N2CCN(CC3CN(Cc4cccc(F)c4F)CCO3)CC2)cc(OC)c1OC. The van der Waals surface area contributed by atoms with Crippen LogP contribution in [0.15, 0.2) is 30.3 Å². The fraction of sp³-hybridized carbons (Fsp3) is 0.500. The second kappa shape index (κ2) is 11.9. The fourth-order valence-electron chi connectivity index (χ4n) is 4.75. The number of rotatable bonds is 8. The molecule has 1 amide bonds. The van der Waals surface area contributed by atoms with Crippen LogP contribution in [0.3, 0.4) is 0 Å². The molecule has 36 heavy (non-hydrogen) atoms. The number of hydrogen-bond donors (Lipinski definition) is 0. The molecule has 196 valence electrons. The van der Waals surface area contributed by atoms with Gasteiger partial charge in [0, 0.05) is 63.5 Å². The van der Waals surface area contributed by atoms with Gasteiger partial charge in [-0.25, -0.2) is 8.78 Å². The molecule has 0 bridgehead atoms. The van der Waals surface area contributed by atoms with Gasteiger partial charge in [-0.1, -0.05) is 12.1 Å². The molecule has 2 heterocycles. The van der Waals surface area contributed by atoms with E-state index in [1.54, 1.807) is 18.2 Å². The van der Waals surface area contributed by atoms with Crippen molar-refractivity contribution in [1.29, 1.82) is 0 Å². The molecule has 0 N–H and O–H groups in total. The van der Waals surface area contributed by atoms with Crippen molar-refractivity contribution in [2.75, 3.05) is 73.7 Å². The smallest absolute Gasteiger partial charge is 0.254 e. The van der Waals surface area contributed by atoms with Crippen molar-refractivity contribution in [3.63, 3.8) is 0 Å². The van der Waals surface area contributed by atoms with Crippen molar-refractivity contribution in [1.82, 2.24) is 14.7 Å². The largest absolute Gasteiger partial charge is 0.493 e. The fourth-order valence-corrected chi connectivity index (χ4v) is 4.75. The Bertz CT molecular complexity index is 1040. The highest BCUT2D eigenvalue weighted by atomic mass is 19.2. The van der Waals surface area contributed by atoms with Crippen molar-refractivity contribution in [3.8, 4) is 17.2 Å². The molecule has 4 rings (SSSR count). The maximum Gasteiger partial charge on any atom is 0.254 e. The number of hydrogen-bond acceptors (Lipinski definition) is 7. The van der Waals surface area contributed by atoms with Crippen molar-refractivity contribution in [2.45, 2.75) is 12.6 Å². The molecule has 0 aliphatic carbocycles. The third kappa shape index (κ3) is 5.88. The van der Waals surface area contributed by atoms with Crippen molar-refractivity contribution < 1.29 is 32.5 Å². The monoisotopic (exact) mass is 505 g/mol. The molecule has 2 aromatic carbocycles. The number of morpholine rings is 1. The average Bonchev–Trinajstić information content (AvgIpc) is 2.90. The Kier molecular flexibility index (Phi) is 8.60. The molecule has 2 aliphatic rings. The van der Waals surface area contributed by atoms with Crippen LogP contribution in [0.2, 0.25) is 0 Å². The van der Waals surface area contributed by atoms with Crippen LogP contribution in [0.5, 0.6) is 17.2 Å². The van der Waals surface area contributed by atoms with Gasteiger partial charge in [0.25, 0.3) is 5.91 Å². The minimum absolute atomic E-state index is 0.0345. The lowest BCUT2D eigenvalue weighted by atomic mass is 10.1. The number of halogens is 2. The van der Waals surface area contributed by atoms with Crippen LogP contribution < -0.4 is 14.2 Å². The van der Waals surface area contributed by atoms with Gasteiger partial charge in [-0.3, -0.25) is 14.6 Å². The third-order valence-electron chi connectivity index (χ3n) is 6.68. The van der Waals surface area contributed by atoms with E-state index in [0.29, 0.717) is 87.3 Å². The number of piperazine rings is 1. The highest BCUT2D eigenvalue weighted by Gasteiger charge is 2.28. The summed E-state index contributed by atoms with van der Waals surface area (Å²) in [5.74, 6) is -0.370. The third-order valence-corrected chi connectivity index (χ3v) is 6.68. The first-order chi connectivity index (χ1) is 17.4. The topological polar surface area (TPSA) is 63.7 Å². The van der Waals surface area contributed by atoms with E-state index >= 15 is 0 Å². The maximum absolute atomic E-state index is 14.1. The number of benzene rings is 2. The summed E-state index contributed by atoms with van der Waals surface area (Å²) in [6.07, 6.45) is -0.0345. The highest BCUT2D eigenvalue weighted by Crippen LogP contribution is 2.38. The van der Waals surface area contributed by atoms with Gasteiger partial charge in [0.2, 0.25) is 5.75 Å². The standard InChI is InChI=1S/C26H33F2N3O5/c1-33-22-13-19(14-23(34-2)25(22)35-3)26(32)31-9-7-29(8-10-31)16-20-17-30(11-12-36-20)15-18-5-4-6-21(27)24(18)28/h4-6,13-14,20H,7-12,15-17H2,1-3H3. The van der Waals surface area contributed by atoms with E-state index in [-0.39, 0.29) is 12.0 Å². The van der Waals surface area contributed by atoms with E-state index in [2.05, 4.69) is 9.80 Å². The zero-order valence-corrected chi connectivity index (χ0v) is 21.0. The molecular formula is C26H33F2N3O5. The van der Waals surface area contributed by atoms with Crippen molar-refractivity contribution >= 4 is 5.91 Å². The van der Waals surface area contributed by atoms with E-state index in [9.17, 15) is 13.6 Å². The zero-order valence-electron chi connectivity index (χ0n) is 21.0. The first kappa shape index (κ1) is 26.1. The molecule has 10 heteroatoms. The summed E-state index contributed by atoms with van der Waals surface area (Å²) in [7, 11) is 4.57. The van der Waals surface area contributed by atoms with Crippen LogP contribution in [-0.4, -0.2) is 100 Å². The Morgan fingerprint density at radius 3 is 2.31 bits per heavy atom. The molecule has 8 nitrogen and oxygen atoms in total. The number of methoxy groups -OCH3 is 3. The Hall–Kier alpha value is -2.95. The number of carbonyl (C=O) groups is 1. The molecule has 2 fully saturated rings. The molecule has 0 aromatic heterocycles. The summed E-state index contributed by atoms with van der Waals surface area (Å²) in [5.41, 5.74) is 0.836. The van der Waals surface area contributed by atoms with E-state index in [1.165, 1.54) is 27.4 Å². The maximum atomic E-state index is 14.1. The van der Waals surface area contributed by atoms with Crippen molar-refractivity contribution in [2.24, 2.45) is 0 Å². The van der Waals surface area contributed by atoms with Crippen LogP contribution in [0.25, 0.3) is 0 Å². The summed E-state index contributed by atoms with van der Waals surface area (Å²) < 4.78 is 49.7. The molecule has 0 spiro atoms. The second-order valence-electron chi connectivity index (χ2n) is 8.95. The highest BCUT2D eigenvalue weighted by molar-refractivity contribution is 5.95. The average molecular weight is 506 g/mol. The summed E-state index contributed by atoms with van der Waals surface area (Å²) in [6, 6.07) is 7.62. The minimum Gasteiger partial charge on any atom is -0.493 e. The van der Waals surface area contributed by atoms with E-state index in [1.807, 2.05) is 4.90 Å². The molecule has 0 radical (unpaired) electrons. The number of amides is 1. The molecule has 1 atom stereocenters. The Morgan fingerprint density at radius 1 is 0.972 bits per heavy atom. The lowest BCUT2D eigenvalue weighted by Crippen LogP contribution is -2.53. The molecule has 1 unspecified atom stereocenters. The normalized spacial score (nSPS) is 19.2. The predicted octanol–water partition coefficient (Wildman–Crippen LogP) is 2.65. The lowest BCUT2D eigenvalue weighted by Gasteiger charge is -2.39. The molecule has 2 aliphatic heterocycles. The molecule has 2 aromatic rings. The predicted molar refractivity (Wildman–Crippen MR) is 130 cm³/mol. The molecule has 2 saturated heterocycles. The van der Waals surface area contributed by atoms with Gasteiger partial charge in [0.1, 0.15) is 0 Å². The number of ether oxygens (including phenoxy) is 4. The Balaban J connectivity index is 1.30. The van der Waals surface area contributed by atoms with Crippen LogP contribution >= 0.6 is 0 Å². The first-order valence-corrected chi connectivity index (χ1v) is 12.0. The molecular weight excluding hydrogens is 472 g/mol. The van der Waals surface area contributed by atoms with Gasteiger partial charge in [-0.15, -0.1) is 0 Å². The summed E-state index contributed by atoms with van der Waals surface area (Å²) in [5, 5.41) is 0. The Labute approximate surface area is 210 Å². The van der Waals surface area contributed by atoms with Gasteiger partial charge in [0.05, 0.1) is 34.0 Å². The summed E-state index contributed by atoms with van der Waals surface area (Å²) in [6.45, 7) is 5.52. The zero-order chi connectivity index (χ0) is 25.7. The summed E-state index contributed by atoms with van der Waals surface area (Å²) in [4.78, 5) is 19.4. The van der Waals surface area contributed by atoms with Crippen LogP contribution in [0.4, 0.5) is 8.78 Å². The van der Waals surface area contributed by atoms with E-state index < -0.39 is 11.6 Å².